The Labute approximate surface area is 251 Å². The van der Waals surface area contributed by atoms with Crippen LogP contribution in [0.15, 0.2) is 36.4 Å². The number of urea groups is 1. The lowest BCUT2D eigenvalue weighted by Gasteiger charge is -2.25. The molecule has 1 aromatic carbocycles. The van der Waals surface area contributed by atoms with Crippen LogP contribution >= 0.6 is 0 Å². The average molecular weight is 602 g/mol. The van der Waals surface area contributed by atoms with Gasteiger partial charge in [0.25, 0.3) is 11.8 Å². The van der Waals surface area contributed by atoms with Gasteiger partial charge in [0.15, 0.2) is 0 Å². The van der Waals surface area contributed by atoms with Crippen molar-refractivity contribution in [2.45, 2.75) is 45.2 Å². The van der Waals surface area contributed by atoms with E-state index < -0.39 is 35.8 Å². The molecule has 0 aromatic heterocycles. The number of anilines is 1. The molecule has 0 saturated carbocycles. The number of imide groups is 1. The summed E-state index contributed by atoms with van der Waals surface area (Å²) in [5.41, 5.74) is 6.40. The summed E-state index contributed by atoms with van der Waals surface area (Å²) in [6.07, 6.45) is 2.98. The van der Waals surface area contributed by atoms with E-state index in [1.807, 2.05) is 0 Å². The Hall–Kier alpha value is -4.30. The molecule has 0 spiro atoms. The van der Waals surface area contributed by atoms with E-state index >= 15 is 0 Å². The van der Waals surface area contributed by atoms with Crippen molar-refractivity contribution in [2.24, 2.45) is 11.7 Å². The summed E-state index contributed by atoms with van der Waals surface area (Å²) >= 11 is 0. The number of benzene rings is 1. The summed E-state index contributed by atoms with van der Waals surface area (Å²) in [6, 6.07) is 4.31. The third kappa shape index (κ3) is 13.0. The number of carbonyl (C=O) groups is 6. The maximum atomic E-state index is 13.2. The smallest absolute Gasteiger partial charge is 0.312 e. The lowest BCUT2D eigenvalue weighted by Crippen LogP contribution is -2.54. The summed E-state index contributed by atoms with van der Waals surface area (Å²) in [4.78, 5) is 73.8. The van der Waals surface area contributed by atoms with Gasteiger partial charge < -0.3 is 36.5 Å². The van der Waals surface area contributed by atoms with E-state index in [0.717, 1.165) is 10.5 Å². The van der Waals surface area contributed by atoms with Crippen molar-refractivity contribution in [3.8, 4) is 0 Å². The van der Waals surface area contributed by atoms with Crippen LogP contribution in [0, 0.1) is 12.8 Å². The lowest BCUT2D eigenvalue weighted by molar-refractivity contribution is -0.137. The van der Waals surface area contributed by atoms with Crippen molar-refractivity contribution in [1.82, 2.24) is 20.9 Å². The number of hydrogen-bond donors (Lipinski definition) is 5. The normalized spacial score (nSPS) is 14.0. The Morgan fingerprint density at radius 2 is 1.53 bits per heavy atom. The summed E-state index contributed by atoms with van der Waals surface area (Å²) in [7, 11) is 0. The fourth-order valence-electron chi connectivity index (χ4n) is 3.94. The predicted molar refractivity (Wildman–Crippen MR) is 157 cm³/mol. The second kappa shape index (κ2) is 18.3. The van der Waals surface area contributed by atoms with Crippen molar-refractivity contribution >= 4 is 41.3 Å². The fourth-order valence-corrected chi connectivity index (χ4v) is 3.94. The molecule has 1 heterocycles. The summed E-state index contributed by atoms with van der Waals surface area (Å²) in [5, 5.41) is 10.6. The minimum Gasteiger partial charge on any atom is -0.379 e. The zero-order chi connectivity index (χ0) is 31.8. The molecule has 1 aliphatic rings. The molecule has 6 N–H and O–H groups in total. The van der Waals surface area contributed by atoms with Crippen LogP contribution in [-0.4, -0.2) is 92.1 Å². The largest absolute Gasteiger partial charge is 0.379 e. The van der Waals surface area contributed by atoms with Crippen molar-refractivity contribution in [1.29, 1.82) is 0 Å². The lowest BCUT2D eigenvalue weighted by atomic mass is 10.0. The van der Waals surface area contributed by atoms with Gasteiger partial charge in [-0.25, -0.2) is 4.79 Å². The Kier molecular flexibility index (Phi) is 14.8. The van der Waals surface area contributed by atoms with Gasteiger partial charge in [-0.3, -0.25) is 28.9 Å². The SMILES string of the molecule is [CH2]c1ccc(NC(=O)[C@H](CCCNC(N)=O)NC(=O)[C@@H](NC(=O)CCOCCOCCN2C(=O)C=CC2=O)C(C)C)cc1. The maximum Gasteiger partial charge on any atom is 0.312 e. The van der Waals surface area contributed by atoms with Gasteiger partial charge >= 0.3 is 6.03 Å². The molecule has 14 heteroatoms. The van der Waals surface area contributed by atoms with Gasteiger partial charge in [0, 0.05) is 30.8 Å². The molecule has 0 aliphatic carbocycles. The second-order valence-corrected chi connectivity index (χ2v) is 10.1. The van der Waals surface area contributed by atoms with Crippen molar-refractivity contribution in [3.63, 3.8) is 0 Å². The first kappa shape index (κ1) is 34.9. The standard InChI is InChI=1S/C29H41N6O8/c1-19(2)26(34-23(36)12-15-42-17-18-43-16-14-35-24(37)10-11-25(35)38)28(40)33-22(5-4-13-31-29(30)41)27(39)32-21-8-6-20(3)7-9-21/h6-11,19,22,26H,3-5,12-18H2,1-2H3,(H,32,39)(H,33,40)(H,34,36)(H3,30,31,41)/t22-,26-/m0/s1. The van der Waals surface area contributed by atoms with Crippen LogP contribution in [0.3, 0.4) is 0 Å². The van der Waals surface area contributed by atoms with Crippen LogP contribution in [0.5, 0.6) is 0 Å². The third-order valence-electron chi connectivity index (χ3n) is 6.29. The molecule has 2 rings (SSSR count). The zero-order valence-corrected chi connectivity index (χ0v) is 24.6. The highest BCUT2D eigenvalue weighted by atomic mass is 16.5. The van der Waals surface area contributed by atoms with Gasteiger partial charge in [-0.15, -0.1) is 0 Å². The van der Waals surface area contributed by atoms with Crippen LogP contribution in [0.1, 0.15) is 38.7 Å². The van der Waals surface area contributed by atoms with Gasteiger partial charge in [0.1, 0.15) is 12.1 Å². The second-order valence-electron chi connectivity index (χ2n) is 10.1. The highest BCUT2D eigenvalue weighted by Crippen LogP contribution is 2.11. The molecule has 7 amide bonds. The van der Waals surface area contributed by atoms with E-state index in [4.69, 9.17) is 15.2 Å². The molecular formula is C29H41N6O8. The van der Waals surface area contributed by atoms with Gasteiger partial charge in [-0.05, 0) is 43.4 Å². The summed E-state index contributed by atoms with van der Waals surface area (Å²) < 4.78 is 10.8. The first-order valence-corrected chi connectivity index (χ1v) is 14.0. The van der Waals surface area contributed by atoms with Gasteiger partial charge in [0.05, 0.1) is 33.0 Å². The third-order valence-corrected chi connectivity index (χ3v) is 6.29. The Bertz CT molecular complexity index is 1140. The quantitative estimate of drug-likeness (QED) is 0.110. The minimum absolute atomic E-state index is 0.00999. The maximum absolute atomic E-state index is 13.2. The van der Waals surface area contributed by atoms with Gasteiger partial charge in [-0.1, -0.05) is 26.0 Å². The van der Waals surface area contributed by atoms with Crippen LogP contribution in [0.4, 0.5) is 10.5 Å². The zero-order valence-electron chi connectivity index (χ0n) is 24.6. The van der Waals surface area contributed by atoms with Crippen molar-refractivity contribution in [3.05, 3.63) is 48.9 Å². The molecule has 14 nitrogen and oxygen atoms in total. The molecule has 2 atom stereocenters. The number of carbonyl (C=O) groups excluding carboxylic acids is 6. The Balaban J connectivity index is 1.79. The summed E-state index contributed by atoms with van der Waals surface area (Å²) in [5.74, 6) is -2.43. The van der Waals surface area contributed by atoms with Crippen LogP contribution in [-0.2, 0) is 33.4 Å². The number of nitrogens with two attached hydrogens (primary N) is 1. The molecule has 1 aromatic rings. The fraction of sp³-hybridized carbons (Fsp3) is 0.483. The molecule has 0 unspecified atom stereocenters. The number of nitrogens with one attached hydrogen (secondary N) is 4. The van der Waals surface area contributed by atoms with E-state index in [1.165, 1.54) is 12.2 Å². The highest BCUT2D eigenvalue weighted by Gasteiger charge is 2.29. The number of rotatable bonds is 19. The van der Waals surface area contributed by atoms with E-state index in [1.54, 1.807) is 38.1 Å². The van der Waals surface area contributed by atoms with Crippen molar-refractivity contribution < 1.29 is 38.2 Å². The Morgan fingerprint density at radius 1 is 0.907 bits per heavy atom. The van der Waals surface area contributed by atoms with Crippen molar-refractivity contribution in [2.75, 3.05) is 44.8 Å². The summed E-state index contributed by atoms with van der Waals surface area (Å²) in [6.45, 7) is 8.35. The molecule has 235 valence electrons. The molecular weight excluding hydrogens is 560 g/mol. The predicted octanol–water partition coefficient (Wildman–Crippen LogP) is 0.230. The van der Waals surface area contributed by atoms with Gasteiger partial charge in [-0.2, -0.15) is 0 Å². The molecule has 43 heavy (non-hydrogen) atoms. The van der Waals surface area contributed by atoms with Crippen LogP contribution in [0.25, 0.3) is 0 Å². The monoisotopic (exact) mass is 601 g/mol. The number of ether oxygens (including phenoxy) is 2. The van der Waals surface area contributed by atoms with E-state index in [0.29, 0.717) is 12.1 Å². The number of hydrogen-bond acceptors (Lipinski definition) is 8. The Morgan fingerprint density at radius 3 is 2.14 bits per heavy atom. The number of primary amides is 1. The first-order valence-electron chi connectivity index (χ1n) is 14.0. The molecule has 1 radical (unpaired) electrons. The molecule has 1 aliphatic heterocycles. The van der Waals surface area contributed by atoms with Crippen LogP contribution in [0.2, 0.25) is 0 Å². The minimum atomic E-state index is -0.943. The molecule has 0 bridgehead atoms. The van der Waals surface area contributed by atoms with E-state index in [2.05, 4.69) is 28.2 Å². The molecule has 0 saturated heterocycles. The topological polar surface area (TPSA) is 198 Å². The van der Waals surface area contributed by atoms with Crippen LogP contribution < -0.4 is 27.0 Å². The average Bonchev–Trinajstić information content (AvgIpc) is 3.27. The first-order chi connectivity index (χ1) is 20.5. The molecule has 0 fully saturated rings. The highest BCUT2D eigenvalue weighted by molar-refractivity contribution is 6.12. The number of amides is 7. The van der Waals surface area contributed by atoms with Gasteiger partial charge in [0.2, 0.25) is 17.7 Å². The number of nitrogens with zero attached hydrogens (tertiary/aromatic N) is 1. The van der Waals surface area contributed by atoms with E-state index in [-0.39, 0.29) is 70.1 Å². The van der Waals surface area contributed by atoms with E-state index in [9.17, 15) is 28.8 Å².